The zero-order valence-corrected chi connectivity index (χ0v) is 18.6. The van der Waals surface area contributed by atoms with Gasteiger partial charge in [0.15, 0.2) is 0 Å². The van der Waals surface area contributed by atoms with Crippen LogP contribution in [0.2, 0.25) is 0 Å². The maximum atomic E-state index is 14.8. The first kappa shape index (κ1) is 21.7. The third-order valence-electron chi connectivity index (χ3n) is 6.24. The number of nitrogens with zero attached hydrogens (tertiary/aromatic N) is 1. The lowest BCUT2D eigenvalue weighted by Crippen LogP contribution is -2.25. The molecule has 4 rings (SSSR count). The summed E-state index contributed by atoms with van der Waals surface area (Å²) in [4.78, 5) is 17.9. The summed E-state index contributed by atoms with van der Waals surface area (Å²) >= 11 is 0. The first-order valence-electron chi connectivity index (χ1n) is 10.9. The molecule has 32 heavy (non-hydrogen) atoms. The van der Waals surface area contributed by atoms with Gasteiger partial charge in [-0.05, 0) is 60.7 Å². The Morgan fingerprint density at radius 2 is 1.72 bits per heavy atom. The molecule has 4 heteroatoms. The normalized spacial score (nSPS) is 16.7. The molecule has 3 nitrogen and oxygen atoms in total. The molecule has 0 saturated carbocycles. The highest BCUT2D eigenvalue weighted by Crippen LogP contribution is 2.35. The summed E-state index contributed by atoms with van der Waals surface area (Å²) in [5.41, 5.74) is 5.69. The number of nitrogens with one attached hydrogen (secondary N) is 1. The van der Waals surface area contributed by atoms with Gasteiger partial charge >= 0.3 is 0 Å². The largest absolute Gasteiger partial charge is 0.322 e. The van der Waals surface area contributed by atoms with Gasteiger partial charge in [-0.15, -0.1) is 0 Å². The zero-order valence-electron chi connectivity index (χ0n) is 18.6. The van der Waals surface area contributed by atoms with E-state index in [1.54, 1.807) is 24.4 Å². The molecule has 1 N–H and O–H groups in total. The molecule has 1 amide bonds. The molecule has 162 valence electrons. The van der Waals surface area contributed by atoms with Crippen molar-refractivity contribution in [3.05, 3.63) is 106 Å². The van der Waals surface area contributed by atoms with Crippen LogP contribution in [0.4, 0.5) is 10.1 Å². The molecule has 0 spiro atoms. The van der Waals surface area contributed by atoms with E-state index in [1.165, 1.54) is 11.6 Å². The van der Waals surface area contributed by atoms with E-state index >= 15 is 0 Å². The van der Waals surface area contributed by atoms with E-state index < -0.39 is 0 Å². The number of aliphatic imine (C=N–C) groups is 1. The van der Waals surface area contributed by atoms with Gasteiger partial charge in [0.05, 0.1) is 11.6 Å². The van der Waals surface area contributed by atoms with Crippen LogP contribution < -0.4 is 5.32 Å². The maximum Gasteiger partial charge on any atom is 0.257 e. The lowest BCUT2D eigenvalue weighted by atomic mass is 9.84. The highest BCUT2D eigenvalue weighted by Gasteiger charge is 2.28. The highest BCUT2D eigenvalue weighted by atomic mass is 19.1. The second kappa shape index (κ2) is 9.31. The quantitative estimate of drug-likeness (QED) is 0.498. The van der Waals surface area contributed by atoms with Crippen LogP contribution >= 0.6 is 0 Å². The van der Waals surface area contributed by atoms with Crippen molar-refractivity contribution >= 4 is 23.4 Å². The topological polar surface area (TPSA) is 41.5 Å². The third-order valence-corrected chi connectivity index (χ3v) is 6.24. The van der Waals surface area contributed by atoms with Gasteiger partial charge in [-0.2, -0.15) is 0 Å². The third kappa shape index (κ3) is 4.54. The number of dihydropyridines is 1. The van der Waals surface area contributed by atoms with E-state index in [1.807, 2.05) is 50.2 Å². The van der Waals surface area contributed by atoms with Crippen molar-refractivity contribution in [1.29, 1.82) is 0 Å². The molecule has 0 aliphatic carbocycles. The van der Waals surface area contributed by atoms with E-state index in [0.717, 1.165) is 11.1 Å². The van der Waals surface area contributed by atoms with Gasteiger partial charge in [0.2, 0.25) is 0 Å². The lowest BCUT2D eigenvalue weighted by Gasteiger charge is -2.27. The molecular formula is C28H27FN2O. The van der Waals surface area contributed by atoms with Crippen molar-refractivity contribution in [2.24, 2.45) is 4.99 Å². The van der Waals surface area contributed by atoms with Gasteiger partial charge in [-0.25, -0.2) is 4.39 Å². The van der Waals surface area contributed by atoms with Gasteiger partial charge in [-0.3, -0.25) is 9.79 Å². The Labute approximate surface area is 188 Å². The Balaban J connectivity index is 1.68. The number of carbonyl (C=O) groups excluding carboxylic acids is 1. The minimum atomic E-state index is -0.333. The van der Waals surface area contributed by atoms with Gasteiger partial charge in [0, 0.05) is 23.4 Å². The van der Waals surface area contributed by atoms with Crippen LogP contribution in [-0.4, -0.2) is 18.2 Å². The Hall–Kier alpha value is -3.53. The van der Waals surface area contributed by atoms with Crippen LogP contribution in [0.1, 0.15) is 41.5 Å². The van der Waals surface area contributed by atoms with Crippen LogP contribution in [0.5, 0.6) is 0 Å². The summed E-state index contributed by atoms with van der Waals surface area (Å²) in [7, 11) is 0. The van der Waals surface area contributed by atoms with Crippen LogP contribution in [0.15, 0.2) is 83.4 Å². The number of halogens is 1. The van der Waals surface area contributed by atoms with Crippen molar-refractivity contribution in [2.75, 3.05) is 5.32 Å². The number of rotatable bonds is 5. The molecule has 2 unspecified atom stereocenters. The fourth-order valence-corrected chi connectivity index (χ4v) is 4.08. The molecule has 1 heterocycles. The number of amides is 1. The Morgan fingerprint density at radius 3 is 2.44 bits per heavy atom. The number of benzene rings is 3. The molecule has 0 aromatic heterocycles. The van der Waals surface area contributed by atoms with E-state index in [0.29, 0.717) is 28.8 Å². The molecule has 2 atom stereocenters. The predicted octanol–water partition coefficient (Wildman–Crippen LogP) is 6.48. The first-order valence-corrected chi connectivity index (χ1v) is 10.9. The van der Waals surface area contributed by atoms with E-state index in [4.69, 9.17) is 4.99 Å². The fraction of sp³-hybridized carbons (Fsp3) is 0.214. The van der Waals surface area contributed by atoms with Crippen molar-refractivity contribution < 1.29 is 9.18 Å². The van der Waals surface area contributed by atoms with Gasteiger partial charge in [0.1, 0.15) is 5.82 Å². The fourth-order valence-electron chi connectivity index (χ4n) is 4.08. The number of anilines is 1. The number of aryl methyl sites for hydroxylation is 2. The molecule has 3 aromatic rings. The van der Waals surface area contributed by atoms with E-state index in [2.05, 4.69) is 24.4 Å². The number of carbonyl (C=O) groups is 1. The second-order valence-corrected chi connectivity index (χ2v) is 8.37. The minimum absolute atomic E-state index is 0.0785. The molecule has 0 bridgehead atoms. The van der Waals surface area contributed by atoms with Crippen LogP contribution in [-0.2, 0) is 4.79 Å². The zero-order chi connectivity index (χ0) is 22.7. The highest BCUT2D eigenvalue weighted by molar-refractivity contribution is 6.23. The summed E-state index contributed by atoms with van der Waals surface area (Å²) in [6, 6.07) is 22.5. The summed E-state index contributed by atoms with van der Waals surface area (Å²) < 4.78 is 14.8. The summed E-state index contributed by atoms with van der Waals surface area (Å²) in [5.74, 6) is -0.472. The standard InChI is InChI=1S/C28H27FN2O/c1-18-13-14-22(15-19(18)2)31-28(32)25-17-30-27(20(3)21-9-5-4-6-10-21)16-24(25)23-11-7-8-12-26(23)29/h4-15,17,20,27H,16H2,1-3H3,(H,31,32). The van der Waals surface area contributed by atoms with Crippen LogP contribution in [0.25, 0.3) is 5.57 Å². The Kier molecular flexibility index (Phi) is 6.31. The lowest BCUT2D eigenvalue weighted by molar-refractivity contribution is -0.112. The number of hydrogen-bond acceptors (Lipinski definition) is 2. The van der Waals surface area contributed by atoms with Gasteiger partial charge < -0.3 is 5.32 Å². The van der Waals surface area contributed by atoms with Crippen molar-refractivity contribution in [2.45, 2.75) is 39.2 Å². The smallest absolute Gasteiger partial charge is 0.257 e. The summed E-state index contributed by atoms with van der Waals surface area (Å²) in [5, 5.41) is 2.96. The second-order valence-electron chi connectivity index (χ2n) is 8.37. The monoisotopic (exact) mass is 426 g/mol. The van der Waals surface area contributed by atoms with Gasteiger partial charge in [-0.1, -0.05) is 61.5 Å². The SMILES string of the molecule is Cc1ccc(NC(=O)C2=C(c3ccccc3F)CC(C(C)c3ccccc3)N=C2)cc1C. The van der Waals surface area contributed by atoms with E-state index in [9.17, 15) is 9.18 Å². The molecule has 1 aliphatic heterocycles. The average molecular weight is 427 g/mol. The predicted molar refractivity (Wildman–Crippen MR) is 130 cm³/mol. The molecule has 0 fully saturated rings. The molecule has 0 radical (unpaired) electrons. The van der Waals surface area contributed by atoms with Crippen LogP contribution in [0.3, 0.4) is 0 Å². The van der Waals surface area contributed by atoms with Crippen molar-refractivity contribution in [3.63, 3.8) is 0 Å². The summed E-state index contributed by atoms with van der Waals surface area (Å²) in [6.07, 6.45) is 2.11. The van der Waals surface area contributed by atoms with Gasteiger partial charge in [0.25, 0.3) is 5.91 Å². The summed E-state index contributed by atoms with van der Waals surface area (Å²) in [6.45, 7) is 6.16. The minimum Gasteiger partial charge on any atom is -0.322 e. The average Bonchev–Trinajstić information content (AvgIpc) is 2.81. The van der Waals surface area contributed by atoms with Crippen molar-refractivity contribution in [3.8, 4) is 0 Å². The van der Waals surface area contributed by atoms with Crippen LogP contribution in [0, 0.1) is 19.7 Å². The van der Waals surface area contributed by atoms with Crippen molar-refractivity contribution in [1.82, 2.24) is 0 Å². The molecule has 3 aromatic carbocycles. The molecule has 0 saturated heterocycles. The van der Waals surface area contributed by atoms with E-state index in [-0.39, 0.29) is 23.7 Å². The number of hydrogen-bond donors (Lipinski definition) is 1. The first-order chi connectivity index (χ1) is 15.4. The Morgan fingerprint density at radius 1 is 1.00 bits per heavy atom. The molecular weight excluding hydrogens is 399 g/mol. The molecule has 1 aliphatic rings. The maximum absolute atomic E-state index is 14.8. The Bertz CT molecular complexity index is 1200.